The second-order valence-electron chi connectivity index (χ2n) is 6.62. The minimum absolute atomic E-state index is 0.112. The van der Waals surface area contributed by atoms with Crippen molar-refractivity contribution in [3.8, 4) is 0 Å². The summed E-state index contributed by atoms with van der Waals surface area (Å²) in [6, 6.07) is 15.1. The number of rotatable bonds is 5. The summed E-state index contributed by atoms with van der Waals surface area (Å²) in [5.74, 6) is -0.513. The molecule has 0 aliphatic heterocycles. The fourth-order valence-electron chi connectivity index (χ4n) is 3.66. The molecule has 7 heteroatoms. The molecule has 0 spiro atoms. The van der Waals surface area contributed by atoms with E-state index in [9.17, 15) is 9.59 Å². The van der Waals surface area contributed by atoms with E-state index in [0.717, 1.165) is 22.0 Å². The van der Waals surface area contributed by atoms with Crippen molar-refractivity contribution in [3.05, 3.63) is 65.9 Å². The van der Waals surface area contributed by atoms with Gasteiger partial charge < -0.3 is 10.6 Å². The summed E-state index contributed by atoms with van der Waals surface area (Å²) in [5.41, 5.74) is 3.05. The Kier molecular flexibility index (Phi) is 4.81. The first kappa shape index (κ1) is 17.5. The zero-order valence-electron chi connectivity index (χ0n) is 14.6. The number of aromatic nitrogens is 2. The van der Waals surface area contributed by atoms with Gasteiger partial charge in [-0.1, -0.05) is 42.5 Å². The largest absolute Gasteiger partial charge is 0.349 e. The summed E-state index contributed by atoms with van der Waals surface area (Å²) in [5, 5.41) is 11.3. The van der Waals surface area contributed by atoms with E-state index < -0.39 is 0 Å². The smallest absolute Gasteiger partial charge is 0.242 e. The quantitative estimate of drug-likeness (QED) is 0.664. The molecule has 1 aliphatic carbocycles. The molecule has 1 aromatic heterocycles. The maximum atomic E-state index is 12.7. The van der Waals surface area contributed by atoms with Crippen LogP contribution in [0.1, 0.15) is 17.2 Å². The van der Waals surface area contributed by atoms with Crippen LogP contribution in [0.2, 0.25) is 0 Å². The van der Waals surface area contributed by atoms with E-state index in [1.165, 1.54) is 0 Å². The first-order chi connectivity index (χ1) is 13.2. The van der Waals surface area contributed by atoms with Crippen LogP contribution in [-0.2, 0) is 22.6 Å². The maximum absolute atomic E-state index is 12.7. The van der Waals surface area contributed by atoms with Crippen LogP contribution < -0.4 is 10.6 Å². The molecular weight excluding hydrogens is 364 g/mol. The number of benzene rings is 2. The lowest BCUT2D eigenvalue weighted by Crippen LogP contribution is -2.45. The number of para-hydroxylation sites is 1. The summed E-state index contributed by atoms with van der Waals surface area (Å²) < 4.78 is 1.68. The highest BCUT2D eigenvalue weighted by Crippen LogP contribution is 2.31. The van der Waals surface area contributed by atoms with E-state index in [4.69, 9.17) is 11.6 Å². The predicted molar refractivity (Wildman–Crippen MR) is 103 cm³/mol. The van der Waals surface area contributed by atoms with Crippen LogP contribution in [0.15, 0.2) is 54.7 Å². The van der Waals surface area contributed by atoms with Gasteiger partial charge in [0.15, 0.2) is 0 Å². The standard InChI is InChI=1S/C20H19ClN4O2/c21-10-18(26)24-20-15-7-3-1-5-13(15)9-16(20)23-19(27)12-25-17-8-4-2-6-14(17)11-22-25/h1-8,11,16,20H,9-10,12H2,(H,23,27)(H,24,26)/t16-,20-/m1/s1. The van der Waals surface area contributed by atoms with Crippen molar-refractivity contribution in [2.45, 2.75) is 25.0 Å². The van der Waals surface area contributed by atoms with Crippen molar-refractivity contribution in [2.24, 2.45) is 0 Å². The third-order valence-corrected chi connectivity index (χ3v) is 5.10. The molecular formula is C20H19ClN4O2. The Morgan fingerprint density at radius 2 is 1.85 bits per heavy atom. The molecule has 6 nitrogen and oxygen atoms in total. The van der Waals surface area contributed by atoms with Crippen molar-refractivity contribution in [1.29, 1.82) is 0 Å². The molecule has 3 aromatic rings. The number of carbonyl (C=O) groups is 2. The third kappa shape index (κ3) is 3.53. The second kappa shape index (κ2) is 7.40. The Morgan fingerprint density at radius 3 is 2.70 bits per heavy atom. The lowest BCUT2D eigenvalue weighted by Gasteiger charge is -2.23. The van der Waals surface area contributed by atoms with Gasteiger partial charge in [-0.25, -0.2) is 0 Å². The molecule has 4 rings (SSSR count). The minimum atomic E-state index is -0.286. The molecule has 2 atom stereocenters. The SMILES string of the molecule is O=C(CCl)N[C@@H]1c2ccccc2C[C@H]1NC(=O)Cn1ncc2ccccc21. The number of alkyl halides is 1. The molecule has 27 heavy (non-hydrogen) atoms. The fraction of sp³-hybridized carbons (Fsp3) is 0.250. The average Bonchev–Trinajstić information content (AvgIpc) is 3.23. The van der Waals surface area contributed by atoms with E-state index in [0.29, 0.717) is 6.42 Å². The Labute approximate surface area is 161 Å². The summed E-state index contributed by atoms with van der Waals surface area (Å²) in [7, 11) is 0. The first-order valence-corrected chi connectivity index (χ1v) is 9.32. The van der Waals surface area contributed by atoms with Crippen LogP contribution in [0.4, 0.5) is 0 Å². The van der Waals surface area contributed by atoms with Crippen molar-refractivity contribution in [3.63, 3.8) is 0 Å². The van der Waals surface area contributed by atoms with Gasteiger partial charge in [0.05, 0.1) is 23.8 Å². The normalized spacial score (nSPS) is 18.3. The van der Waals surface area contributed by atoms with Gasteiger partial charge in [0.1, 0.15) is 12.4 Å². The van der Waals surface area contributed by atoms with Crippen molar-refractivity contribution >= 4 is 34.3 Å². The summed E-state index contributed by atoms with van der Waals surface area (Å²) in [6.45, 7) is 0.122. The van der Waals surface area contributed by atoms with Gasteiger partial charge in [0.2, 0.25) is 11.8 Å². The van der Waals surface area contributed by atoms with Crippen LogP contribution in [0.5, 0.6) is 0 Å². The molecule has 0 radical (unpaired) electrons. The molecule has 1 heterocycles. The highest BCUT2D eigenvalue weighted by atomic mass is 35.5. The van der Waals surface area contributed by atoms with Crippen LogP contribution in [0.3, 0.4) is 0 Å². The van der Waals surface area contributed by atoms with Gasteiger partial charge in [0.25, 0.3) is 0 Å². The van der Waals surface area contributed by atoms with Crippen LogP contribution >= 0.6 is 11.6 Å². The minimum Gasteiger partial charge on any atom is -0.349 e. The lowest BCUT2D eigenvalue weighted by atomic mass is 10.1. The number of halogens is 1. The van der Waals surface area contributed by atoms with E-state index in [1.54, 1.807) is 10.9 Å². The molecule has 138 valence electrons. The molecule has 0 bridgehead atoms. The molecule has 0 saturated carbocycles. The topological polar surface area (TPSA) is 76.0 Å². The van der Waals surface area contributed by atoms with Crippen LogP contribution in [0, 0.1) is 0 Å². The van der Waals surface area contributed by atoms with Gasteiger partial charge in [-0.15, -0.1) is 11.6 Å². The first-order valence-electron chi connectivity index (χ1n) is 8.79. The molecule has 0 saturated heterocycles. The van der Waals surface area contributed by atoms with E-state index in [1.807, 2.05) is 48.5 Å². The Morgan fingerprint density at radius 1 is 1.07 bits per heavy atom. The van der Waals surface area contributed by atoms with E-state index >= 15 is 0 Å². The number of fused-ring (bicyclic) bond motifs is 2. The third-order valence-electron chi connectivity index (χ3n) is 4.86. The average molecular weight is 383 g/mol. The lowest BCUT2D eigenvalue weighted by molar-refractivity contribution is -0.124. The number of hydrogen-bond donors (Lipinski definition) is 2. The van der Waals surface area contributed by atoms with E-state index in [-0.39, 0.29) is 36.3 Å². The number of amides is 2. The molecule has 2 amide bonds. The Balaban J connectivity index is 1.50. The molecule has 2 N–H and O–H groups in total. The van der Waals surface area contributed by atoms with Gasteiger partial charge in [-0.2, -0.15) is 5.10 Å². The monoisotopic (exact) mass is 382 g/mol. The number of nitrogens with zero attached hydrogens (tertiary/aromatic N) is 2. The highest BCUT2D eigenvalue weighted by Gasteiger charge is 2.34. The molecule has 2 aromatic carbocycles. The predicted octanol–water partition coefficient (Wildman–Crippen LogP) is 2.17. The number of hydrogen-bond acceptors (Lipinski definition) is 3. The highest BCUT2D eigenvalue weighted by molar-refractivity contribution is 6.27. The summed E-state index contributed by atoms with van der Waals surface area (Å²) in [4.78, 5) is 24.5. The summed E-state index contributed by atoms with van der Waals surface area (Å²) >= 11 is 5.65. The second-order valence-corrected chi connectivity index (χ2v) is 6.88. The molecule has 0 fully saturated rings. The number of carbonyl (C=O) groups excluding carboxylic acids is 2. The molecule has 1 aliphatic rings. The van der Waals surface area contributed by atoms with Crippen molar-refractivity contribution < 1.29 is 9.59 Å². The van der Waals surface area contributed by atoms with Crippen molar-refractivity contribution in [1.82, 2.24) is 20.4 Å². The zero-order chi connectivity index (χ0) is 18.8. The maximum Gasteiger partial charge on any atom is 0.242 e. The number of nitrogens with one attached hydrogen (secondary N) is 2. The van der Waals surface area contributed by atoms with Gasteiger partial charge >= 0.3 is 0 Å². The Bertz CT molecular complexity index is 1000. The van der Waals surface area contributed by atoms with Crippen molar-refractivity contribution in [2.75, 3.05) is 5.88 Å². The Hall–Kier alpha value is -2.86. The molecule has 0 unspecified atom stereocenters. The van der Waals surface area contributed by atoms with Gasteiger partial charge in [0, 0.05) is 5.39 Å². The zero-order valence-corrected chi connectivity index (χ0v) is 15.3. The van der Waals surface area contributed by atoms with E-state index in [2.05, 4.69) is 15.7 Å². The van der Waals surface area contributed by atoms with Crippen LogP contribution in [-0.4, -0.2) is 33.5 Å². The van der Waals surface area contributed by atoms with Gasteiger partial charge in [-0.3, -0.25) is 14.3 Å². The fourth-order valence-corrected chi connectivity index (χ4v) is 3.74. The van der Waals surface area contributed by atoms with Gasteiger partial charge in [-0.05, 0) is 23.6 Å². The van der Waals surface area contributed by atoms with Crippen LogP contribution in [0.25, 0.3) is 10.9 Å². The summed E-state index contributed by atoms with van der Waals surface area (Å²) in [6.07, 6.45) is 2.41.